The van der Waals surface area contributed by atoms with Crippen molar-refractivity contribution in [2.24, 2.45) is 0 Å². The van der Waals surface area contributed by atoms with Gasteiger partial charge in [0.25, 0.3) is 0 Å². The van der Waals surface area contributed by atoms with Crippen LogP contribution in [0.2, 0.25) is 0 Å². The summed E-state index contributed by atoms with van der Waals surface area (Å²) in [5.41, 5.74) is 3.08. The van der Waals surface area contributed by atoms with Gasteiger partial charge in [-0.05, 0) is 45.5 Å². The van der Waals surface area contributed by atoms with Crippen molar-refractivity contribution < 1.29 is 4.79 Å². The third-order valence-electron chi connectivity index (χ3n) is 4.51. The van der Waals surface area contributed by atoms with Crippen molar-refractivity contribution in [3.63, 3.8) is 0 Å². The maximum Gasteiger partial charge on any atom is 0.159 e. The molecule has 0 spiro atoms. The number of ketones is 1. The van der Waals surface area contributed by atoms with E-state index in [0.29, 0.717) is 5.92 Å². The third kappa shape index (κ3) is 3.17. The Morgan fingerprint density at radius 2 is 1.76 bits per heavy atom. The van der Waals surface area contributed by atoms with Crippen LogP contribution in [-0.4, -0.2) is 32.6 Å². The molecule has 114 valence electrons. The largest absolute Gasteiger partial charge is 0.391 e. The molecule has 0 bridgehead atoms. The fraction of sp³-hybridized carbons (Fsp3) is 0.471. The Labute approximate surface area is 127 Å². The molecule has 1 atom stereocenters. The topological polar surface area (TPSA) is 53.2 Å². The molecule has 0 heterocycles. The Morgan fingerprint density at radius 1 is 1.14 bits per heavy atom. The molecule has 2 rings (SSSR count). The van der Waals surface area contributed by atoms with Crippen LogP contribution in [0.15, 0.2) is 36.0 Å². The highest BCUT2D eigenvalue weighted by Gasteiger charge is 2.32. The molecule has 1 unspecified atom stereocenters. The molecule has 21 heavy (non-hydrogen) atoms. The highest BCUT2D eigenvalue weighted by Crippen LogP contribution is 2.35. The third-order valence-corrected chi connectivity index (χ3v) is 4.51. The molecule has 3 N–H and O–H groups in total. The number of benzene rings is 1. The smallest absolute Gasteiger partial charge is 0.159 e. The van der Waals surface area contributed by atoms with E-state index in [2.05, 4.69) is 34.2 Å². The standard InChI is InChI=1S/C17H25N3O/c1-12(21)13-5-7-14(8-6-13)15-9-10-17(19-3,20-4)11-16(15)18-2/h5-8,11,15,18-20H,9-10H2,1-4H3. The van der Waals surface area contributed by atoms with Gasteiger partial charge in [0.2, 0.25) is 0 Å². The number of likely N-dealkylation sites (N-methyl/N-ethyl adjacent to an activating group) is 3. The molecule has 4 heteroatoms. The Bertz CT molecular complexity index is 529. The van der Waals surface area contributed by atoms with Crippen molar-refractivity contribution in [1.29, 1.82) is 0 Å². The van der Waals surface area contributed by atoms with Gasteiger partial charge in [0.05, 0.1) is 5.66 Å². The van der Waals surface area contributed by atoms with E-state index >= 15 is 0 Å². The number of carbonyl (C=O) groups is 1. The van der Waals surface area contributed by atoms with Crippen molar-refractivity contribution in [3.8, 4) is 0 Å². The normalized spacial score (nSPS) is 20.8. The van der Waals surface area contributed by atoms with Gasteiger partial charge in [-0.1, -0.05) is 24.3 Å². The van der Waals surface area contributed by atoms with Crippen molar-refractivity contribution in [2.75, 3.05) is 21.1 Å². The summed E-state index contributed by atoms with van der Waals surface area (Å²) < 4.78 is 0. The average Bonchev–Trinajstić information content (AvgIpc) is 2.54. The Hall–Kier alpha value is -1.65. The Balaban J connectivity index is 2.30. The number of carbonyl (C=O) groups excluding carboxylic acids is 1. The summed E-state index contributed by atoms with van der Waals surface area (Å²) in [7, 11) is 5.91. The second kappa shape index (κ2) is 6.41. The number of hydrogen-bond donors (Lipinski definition) is 3. The van der Waals surface area contributed by atoms with E-state index in [1.165, 1.54) is 11.3 Å². The maximum atomic E-state index is 11.4. The first-order chi connectivity index (χ1) is 10.0. The van der Waals surface area contributed by atoms with Gasteiger partial charge in [0, 0.05) is 24.2 Å². The predicted molar refractivity (Wildman–Crippen MR) is 86.4 cm³/mol. The quantitative estimate of drug-likeness (QED) is 0.573. The summed E-state index contributed by atoms with van der Waals surface area (Å²) in [6, 6.07) is 7.97. The van der Waals surface area contributed by atoms with Crippen LogP contribution in [0.3, 0.4) is 0 Å². The molecule has 1 aliphatic carbocycles. The molecule has 4 nitrogen and oxygen atoms in total. The van der Waals surface area contributed by atoms with Crippen LogP contribution in [-0.2, 0) is 0 Å². The van der Waals surface area contributed by atoms with Gasteiger partial charge in [-0.2, -0.15) is 0 Å². The first-order valence-electron chi connectivity index (χ1n) is 7.44. The zero-order chi connectivity index (χ0) is 15.5. The molecular weight excluding hydrogens is 262 g/mol. The number of rotatable bonds is 5. The number of Topliss-reactive ketones (excluding diaryl/α,β-unsaturated/α-hetero) is 1. The summed E-state index contributed by atoms with van der Waals surface area (Å²) in [4.78, 5) is 11.4. The van der Waals surface area contributed by atoms with E-state index in [-0.39, 0.29) is 11.4 Å². The Kier molecular flexibility index (Phi) is 4.80. The maximum absolute atomic E-state index is 11.4. The van der Waals surface area contributed by atoms with Crippen LogP contribution < -0.4 is 16.0 Å². The first-order valence-corrected chi connectivity index (χ1v) is 7.44. The molecule has 1 aromatic carbocycles. The van der Waals surface area contributed by atoms with Crippen LogP contribution >= 0.6 is 0 Å². The zero-order valence-corrected chi connectivity index (χ0v) is 13.3. The van der Waals surface area contributed by atoms with Crippen molar-refractivity contribution in [2.45, 2.75) is 31.3 Å². The fourth-order valence-electron chi connectivity index (χ4n) is 3.03. The minimum absolute atomic E-state index is 0.110. The number of allylic oxidation sites excluding steroid dienone is 1. The van der Waals surface area contributed by atoms with Crippen LogP contribution in [0.1, 0.15) is 41.6 Å². The highest BCUT2D eigenvalue weighted by molar-refractivity contribution is 5.94. The van der Waals surface area contributed by atoms with Gasteiger partial charge in [-0.15, -0.1) is 0 Å². The minimum atomic E-state index is -0.145. The van der Waals surface area contributed by atoms with Crippen molar-refractivity contribution in [1.82, 2.24) is 16.0 Å². The van der Waals surface area contributed by atoms with Gasteiger partial charge in [0.1, 0.15) is 0 Å². The van der Waals surface area contributed by atoms with Gasteiger partial charge in [0.15, 0.2) is 5.78 Å². The molecule has 0 fully saturated rings. The van der Waals surface area contributed by atoms with E-state index in [0.717, 1.165) is 18.4 Å². The second-order valence-corrected chi connectivity index (χ2v) is 5.59. The van der Waals surface area contributed by atoms with E-state index < -0.39 is 0 Å². The van der Waals surface area contributed by atoms with Crippen LogP contribution in [0.5, 0.6) is 0 Å². The van der Waals surface area contributed by atoms with Crippen LogP contribution in [0.25, 0.3) is 0 Å². The van der Waals surface area contributed by atoms with Crippen LogP contribution in [0, 0.1) is 0 Å². The fourth-order valence-corrected chi connectivity index (χ4v) is 3.03. The van der Waals surface area contributed by atoms with E-state index in [9.17, 15) is 4.79 Å². The highest BCUT2D eigenvalue weighted by atomic mass is 16.1. The lowest BCUT2D eigenvalue weighted by Gasteiger charge is -2.38. The van der Waals surface area contributed by atoms with Crippen LogP contribution in [0.4, 0.5) is 0 Å². The minimum Gasteiger partial charge on any atom is -0.391 e. The Morgan fingerprint density at radius 3 is 2.24 bits per heavy atom. The number of nitrogens with one attached hydrogen (secondary N) is 3. The lowest BCUT2D eigenvalue weighted by molar-refractivity contribution is 0.101. The van der Waals surface area contributed by atoms with Gasteiger partial charge < -0.3 is 5.32 Å². The van der Waals surface area contributed by atoms with E-state index in [1.54, 1.807) is 6.92 Å². The lowest BCUT2D eigenvalue weighted by atomic mass is 9.81. The molecule has 1 aliphatic rings. The first kappa shape index (κ1) is 15.7. The van der Waals surface area contributed by atoms with Crippen molar-refractivity contribution >= 4 is 5.78 Å². The predicted octanol–water partition coefficient (Wildman–Crippen LogP) is 2.00. The van der Waals surface area contributed by atoms with E-state index in [4.69, 9.17) is 0 Å². The van der Waals surface area contributed by atoms with Crippen molar-refractivity contribution in [3.05, 3.63) is 47.2 Å². The summed E-state index contributed by atoms with van der Waals surface area (Å²) >= 11 is 0. The molecule has 0 radical (unpaired) electrons. The zero-order valence-electron chi connectivity index (χ0n) is 13.3. The monoisotopic (exact) mass is 287 g/mol. The summed E-state index contributed by atoms with van der Waals surface area (Å²) in [5, 5.41) is 10.0. The molecule has 0 aromatic heterocycles. The molecule has 0 saturated heterocycles. The van der Waals surface area contributed by atoms with Gasteiger partial charge in [-0.3, -0.25) is 15.4 Å². The summed E-state index contributed by atoms with van der Waals surface area (Å²) in [6.07, 6.45) is 4.30. The van der Waals surface area contributed by atoms with E-state index in [1.807, 2.05) is 33.3 Å². The molecule has 0 amide bonds. The van der Waals surface area contributed by atoms with Gasteiger partial charge in [-0.25, -0.2) is 0 Å². The SMILES string of the molecule is CNC1=CC(NC)(NC)CCC1c1ccc(C(C)=O)cc1. The molecule has 1 aromatic rings. The molecule has 0 aliphatic heterocycles. The molecule has 0 saturated carbocycles. The lowest BCUT2D eigenvalue weighted by Crippen LogP contribution is -2.54. The molecular formula is C17H25N3O. The average molecular weight is 287 g/mol. The number of hydrogen-bond acceptors (Lipinski definition) is 4. The summed E-state index contributed by atoms with van der Waals surface area (Å²) in [5.74, 6) is 0.463. The second-order valence-electron chi connectivity index (χ2n) is 5.59. The summed E-state index contributed by atoms with van der Waals surface area (Å²) in [6.45, 7) is 1.60. The van der Waals surface area contributed by atoms with Gasteiger partial charge >= 0.3 is 0 Å².